The summed E-state index contributed by atoms with van der Waals surface area (Å²) in [6, 6.07) is 7.03. The van der Waals surface area contributed by atoms with Crippen LogP contribution in [0.3, 0.4) is 0 Å². The number of sulfone groups is 1. The lowest BCUT2D eigenvalue weighted by Crippen LogP contribution is -2.51. The molecular weight excluding hydrogens is 497 g/mol. The molecular formula is C22H19ClFN7O3S. The van der Waals surface area contributed by atoms with Crippen molar-refractivity contribution in [3.63, 3.8) is 0 Å². The molecule has 1 saturated heterocycles. The van der Waals surface area contributed by atoms with Crippen LogP contribution >= 0.6 is 11.6 Å². The minimum Gasteiger partial charge on any atom is -0.368 e. The fraction of sp³-hybridized carbons (Fsp3) is 0.273. The highest BCUT2D eigenvalue weighted by Gasteiger charge is 2.39. The smallest absolute Gasteiger partial charge is 0.284 e. The van der Waals surface area contributed by atoms with Gasteiger partial charge in [-0.1, -0.05) is 17.7 Å². The topological polar surface area (TPSA) is 128 Å². The molecule has 0 bridgehead atoms. The number of hydrogen-bond acceptors (Lipinski definition) is 8. The molecule has 10 nitrogen and oxygen atoms in total. The van der Waals surface area contributed by atoms with Crippen molar-refractivity contribution < 1.29 is 12.8 Å². The normalized spacial score (nSPS) is 18.6. The number of hydrogen-bond donors (Lipinski definition) is 1. The number of benzene rings is 1. The van der Waals surface area contributed by atoms with Gasteiger partial charge in [0.05, 0.1) is 22.2 Å². The summed E-state index contributed by atoms with van der Waals surface area (Å²) in [5.74, 6) is 0.143. The number of halogens is 2. The van der Waals surface area contributed by atoms with E-state index in [-0.39, 0.29) is 45.4 Å². The predicted molar refractivity (Wildman–Crippen MR) is 127 cm³/mol. The maximum atomic E-state index is 14.1. The molecule has 5 heterocycles. The average molecular weight is 516 g/mol. The minimum atomic E-state index is -3.51. The summed E-state index contributed by atoms with van der Waals surface area (Å²) in [5, 5.41) is 4.84. The van der Waals surface area contributed by atoms with Crippen LogP contribution < -0.4 is 16.2 Å². The standard InChI is InChI=1S/C22H19ClFN7O3S/c23-15-5-8-30-18(15)21(32)31(14-3-1-2-12(24)10-14)17(28-30)11-13-4-7-29(13)20-19-16(26-22(25)27-20)6-9-35(19,33)34/h1-3,5,8,10,13H,4,6-7,9,11H2,(H2,25,26,27). The zero-order valence-corrected chi connectivity index (χ0v) is 19.8. The molecule has 2 aliphatic rings. The lowest BCUT2D eigenvalue weighted by Gasteiger charge is -2.42. The van der Waals surface area contributed by atoms with Gasteiger partial charge in [0.15, 0.2) is 15.7 Å². The van der Waals surface area contributed by atoms with E-state index in [4.69, 9.17) is 17.3 Å². The van der Waals surface area contributed by atoms with Crippen LogP contribution in [0.1, 0.15) is 17.9 Å². The number of aromatic nitrogens is 5. The van der Waals surface area contributed by atoms with Crippen molar-refractivity contribution >= 4 is 38.7 Å². The first-order chi connectivity index (χ1) is 16.7. The highest BCUT2D eigenvalue weighted by atomic mass is 35.5. The van der Waals surface area contributed by atoms with Crippen molar-refractivity contribution in [1.29, 1.82) is 0 Å². The molecule has 0 amide bonds. The van der Waals surface area contributed by atoms with Gasteiger partial charge in [-0.15, -0.1) is 0 Å². The van der Waals surface area contributed by atoms with E-state index in [0.29, 0.717) is 36.6 Å². The number of rotatable bonds is 4. The van der Waals surface area contributed by atoms with E-state index >= 15 is 0 Å². The highest BCUT2D eigenvalue weighted by molar-refractivity contribution is 7.91. The maximum Gasteiger partial charge on any atom is 0.284 e. The Morgan fingerprint density at radius 1 is 1.23 bits per heavy atom. The SMILES string of the molecule is Nc1nc2c(c(N3CCC3Cc3nn4ccc(Cl)c4c(=O)n3-c3cccc(F)c3)n1)S(=O)(=O)CC2. The molecule has 3 aromatic heterocycles. The van der Waals surface area contributed by atoms with E-state index in [2.05, 4.69) is 15.1 Å². The third-order valence-corrected chi connectivity index (χ3v) is 8.55. The molecule has 0 radical (unpaired) electrons. The zero-order valence-electron chi connectivity index (χ0n) is 18.2. The second-order valence-electron chi connectivity index (χ2n) is 8.58. The lowest BCUT2D eigenvalue weighted by molar-refractivity contribution is 0.424. The molecule has 0 saturated carbocycles. The summed E-state index contributed by atoms with van der Waals surface area (Å²) in [7, 11) is -3.51. The number of nitrogen functional groups attached to an aromatic ring is 1. The first kappa shape index (κ1) is 22.0. The third kappa shape index (κ3) is 3.47. The van der Waals surface area contributed by atoms with Crippen molar-refractivity contribution in [2.45, 2.75) is 30.2 Å². The number of anilines is 2. The monoisotopic (exact) mass is 515 g/mol. The second-order valence-corrected chi connectivity index (χ2v) is 11.0. The van der Waals surface area contributed by atoms with Crippen molar-refractivity contribution in [3.05, 3.63) is 69.2 Å². The van der Waals surface area contributed by atoms with Crippen LogP contribution in [0.4, 0.5) is 16.2 Å². The van der Waals surface area contributed by atoms with Gasteiger partial charge >= 0.3 is 0 Å². The Balaban J connectivity index is 1.46. The van der Waals surface area contributed by atoms with Gasteiger partial charge in [0.2, 0.25) is 5.95 Å². The summed E-state index contributed by atoms with van der Waals surface area (Å²) < 4.78 is 42.2. The fourth-order valence-corrected chi connectivity index (χ4v) is 6.59. The zero-order chi connectivity index (χ0) is 24.5. The van der Waals surface area contributed by atoms with E-state index in [9.17, 15) is 17.6 Å². The van der Waals surface area contributed by atoms with Crippen LogP contribution in [0.2, 0.25) is 5.02 Å². The lowest BCUT2D eigenvalue weighted by atomic mass is 9.99. The Bertz CT molecular complexity index is 1680. The Hall–Kier alpha value is -3.51. The molecule has 1 aromatic carbocycles. The van der Waals surface area contributed by atoms with Crippen LogP contribution in [-0.2, 0) is 22.7 Å². The van der Waals surface area contributed by atoms with E-state index in [0.717, 1.165) is 0 Å². The fourth-order valence-electron chi connectivity index (χ4n) is 4.75. The predicted octanol–water partition coefficient (Wildman–Crippen LogP) is 1.80. The summed E-state index contributed by atoms with van der Waals surface area (Å²) in [5.41, 5.74) is 6.37. The minimum absolute atomic E-state index is 0.0136. The van der Waals surface area contributed by atoms with Crippen LogP contribution in [0.25, 0.3) is 11.2 Å². The molecule has 4 aromatic rings. The van der Waals surface area contributed by atoms with Gasteiger partial charge in [-0.2, -0.15) is 10.1 Å². The van der Waals surface area contributed by atoms with Crippen molar-refractivity contribution in [2.75, 3.05) is 22.9 Å². The number of nitrogens with zero attached hydrogens (tertiary/aromatic N) is 6. The van der Waals surface area contributed by atoms with Gasteiger partial charge in [0.1, 0.15) is 22.1 Å². The molecule has 2 N–H and O–H groups in total. The molecule has 6 rings (SSSR count). The molecule has 1 atom stereocenters. The summed E-state index contributed by atoms with van der Waals surface area (Å²) in [6.07, 6.45) is 2.86. The molecule has 35 heavy (non-hydrogen) atoms. The van der Waals surface area contributed by atoms with E-state index in [1.165, 1.54) is 27.3 Å². The van der Waals surface area contributed by atoms with Crippen LogP contribution in [0.5, 0.6) is 0 Å². The van der Waals surface area contributed by atoms with Crippen molar-refractivity contribution in [1.82, 2.24) is 24.1 Å². The Kier molecular flexibility index (Phi) is 4.87. The number of aryl methyl sites for hydroxylation is 1. The number of fused-ring (bicyclic) bond motifs is 2. The van der Waals surface area contributed by atoms with E-state index in [1.54, 1.807) is 18.3 Å². The van der Waals surface area contributed by atoms with Gasteiger partial charge < -0.3 is 10.6 Å². The second kappa shape index (κ2) is 7.75. The van der Waals surface area contributed by atoms with E-state index in [1.807, 2.05) is 4.90 Å². The Morgan fingerprint density at radius 2 is 2.06 bits per heavy atom. The maximum absolute atomic E-state index is 14.1. The third-order valence-electron chi connectivity index (χ3n) is 6.46. The van der Waals surface area contributed by atoms with Crippen LogP contribution in [0.15, 0.2) is 46.2 Å². The first-order valence-corrected chi connectivity index (χ1v) is 13.0. The summed E-state index contributed by atoms with van der Waals surface area (Å²) >= 11 is 6.22. The molecule has 13 heteroatoms. The first-order valence-electron chi connectivity index (χ1n) is 10.9. The van der Waals surface area contributed by atoms with Gasteiger partial charge in [-0.3, -0.25) is 9.36 Å². The van der Waals surface area contributed by atoms with E-state index < -0.39 is 21.2 Å². The van der Waals surface area contributed by atoms with Crippen LogP contribution in [0, 0.1) is 5.82 Å². The molecule has 2 aliphatic heterocycles. The largest absolute Gasteiger partial charge is 0.368 e. The Labute approximate surface area is 203 Å². The van der Waals surface area contributed by atoms with Gasteiger partial charge in [0, 0.05) is 31.6 Å². The summed E-state index contributed by atoms with van der Waals surface area (Å²) in [6.45, 7) is 0.560. The summed E-state index contributed by atoms with van der Waals surface area (Å²) in [4.78, 5) is 23.8. The molecule has 0 aliphatic carbocycles. The quantitative estimate of drug-likeness (QED) is 0.435. The number of nitrogens with two attached hydrogens (primary N) is 1. The van der Waals surface area contributed by atoms with Crippen molar-refractivity contribution in [2.24, 2.45) is 0 Å². The molecule has 180 valence electrons. The highest BCUT2D eigenvalue weighted by Crippen LogP contribution is 2.37. The van der Waals surface area contributed by atoms with Gasteiger partial charge in [0.25, 0.3) is 5.56 Å². The molecule has 1 unspecified atom stereocenters. The van der Waals surface area contributed by atoms with Crippen LogP contribution in [-0.4, -0.2) is 50.9 Å². The Morgan fingerprint density at radius 3 is 2.80 bits per heavy atom. The molecule has 1 fully saturated rings. The van der Waals surface area contributed by atoms with Crippen molar-refractivity contribution in [3.8, 4) is 5.69 Å². The average Bonchev–Trinajstić information content (AvgIpc) is 3.30. The molecule has 0 spiro atoms. The van der Waals surface area contributed by atoms with Gasteiger partial charge in [-0.05, 0) is 30.7 Å². The van der Waals surface area contributed by atoms with Gasteiger partial charge in [-0.25, -0.2) is 22.3 Å².